The van der Waals surface area contributed by atoms with E-state index < -0.39 is 0 Å². The highest BCUT2D eigenvalue weighted by Crippen LogP contribution is 2.42. The molecule has 3 aromatic rings. The van der Waals surface area contributed by atoms with Crippen molar-refractivity contribution in [2.75, 3.05) is 5.73 Å². The number of thiazole rings is 1. The first-order valence-corrected chi connectivity index (χ1v) is 9.31. The fourth-order valence-electron chi connectivity index (χ4n) is 3.91. The molecule has 2 heterocycles. The monoisotopic (exact) mass is 325 g/mol. The van der Waals surface area contributed by atoms with Crippen LogP contribution in [-0.4, -0.2) is 9.55 Å². The third kappa shape index (κ3) is 2.36. The number of hydrogen-bond acceptors (Lipinski definition) is 3. The van der Waals surface area contributed by atoms with Crippen LogP contribution in [0, 0.1) is 13.8 Å². The minimum absolute atomic E-state index is 0.561. The summed E-state index contributed by atoms with van der Waals surface area (Å²) in [5.41, 5.74) is 11.4. The Balaban J connectivity index is 1.85. The van der Waals surface area contributed by atoms with E-state index in [2.05, 4.69) is 36.6 Å². The second-order valence-corrected chi connectivity index (χ2v) is 7.65. The zero-order valence-electron chi connectivity index (χ0n) is 13.8. The fraction of sp³-hybridized carbons (Fsp3) is 0.421. The van der Waals surface area contributed by atoms with Crippen LogP contribution in [-0.2, 0) is 0 Å². The third-order valence-electron chi connectivity index (χ3n) is 5.24. The van der Waals surface area contributed by atoms with Gasteiger partial charge in [0.1, 0.15) is 10.8 Å². The normalized spacial score (nSPS) is 16.3. The lowest BCUT2D eigenvalue weighted by atomic mass is 9.95. The van der Waals surface area contributed by atoms with Gasteiger partial charge in [0.25, 0.3) is 0 Å². The molecule has 1 saturated carbocycles. The molecule has 0 amide bonds. The van der Waals surface area contributed by atoms with Crippen molar-refractivity contribution in [3.63, 3.8) is 0 Å². The topological polar surface area (TPSA) is 43.8 Å². The Hall–Kier alpha value is -1.81. The molecule has 0 aliphatic heterocycles. The largest absolute Gasteiger partial charge is 0.384 e. The van der Waals surface area contributed by atoms with Gasteiger partial charge in [-0.2, -0.15) is 0 Å². The second kappa shape index (κ2) is 5.68. The summed E-state index contributed by atoms with van der Waals surface area (Å²) in [6.07, 6.45) is 6.49. The van der Waals surface area contributed by atoms with Gasteiger partial charge >= 0.3 is 0 Å². The zero-order valence-corrected chi connectivity index (χ0v) is 14.6. The maximum Gasteiger partial charge on any atom is 0.128 e. The molecule has 2 aromatic heterocycles. The van der Waals surface area contributed by atoms with Crippen LogP contribution in [0.25, 0.3) is 20.8 Å². The molecule has 1 fully saturated rings. The first-order chi connectivity index (χ1) is 11.2. The quantitative estimate of drug-likeness (QED) is 0.679. The summed E-state index contributed by atoms with van der Waals surface area (Å²) >= 11 is 1.74. The molecular formula is C19H23N3S. The van der Waals surface area contributed by atoms with Crippen molar-refractivity contribution in [2.24, 2.45) is 0 Å². The Labute approximate surface area is 141 Å². The number of para-hydroxylation sites is 1. The van der Waals surface area contributed by atoms with Gasteiger partial charge in [0.15, 0.2) is 0 Å². The van der Waals surface area contributed by atoms with E-state index >= 15 is 0 Å². The molecule has 0 bridgehead atoms. The standard InChI is InChI=1S/C19H23N3S/c1-12-13(2)22(14-8-4-3-5-9-14)18(20)17(12)19-21-15-10-6-7-11-16(15)23-19/h6-7,10-11,14H,3-5,8-9,20H2,1-2H3. The van der Waals surface area contributed by atoms with E-state index in [9.17, 15) is 0 Å². The van der Waals surface area contributed by atoms with Gasteiger partial charge in [-0.25, -0.2) is 4.98 Å². The summed E-state index contributed by atoms with van der Waals surface area (Å²) in [5.74, 6) is 0.908. The van der Waals surface area contributed by atoms with Gasteiger partial charge in [-0.15, -0.1) is 11.3 Å². The van der Waals surface area contributed by atoms with Crippen molar-refractivity contribution < 1.29 is 0 Å². The van der Waals surface area contributed by atoms with E-state index in [1.807, 2.05) is 6.07 Å². The van der Waals surface area contributed by atoms with Gasteiger partial charge in [0.05, 0.1) is 15.8 Å². The number of rotatable bonds is 2. The fourth-order valence-corrected chi connectivity index (χ4v) is 4.99. The van der Waals surface area contributed by atoms with Crippen molar-refractivity contribution >= 4 is 27.4 Å². The molecule has 0 atom stereocenters. The van der Waals surface area contributed by atoms with Crippen LogP contribution < -0.4 is 5.73 Å². The van der Waals surface area contributed by atoms with Crippen molar-refractivity contribution in [3.8, 4) is 10.6 Å². The maximum absolute atomic E-state index is 6.62. The second-order valence-electron chi connectivity index (χ2n) is 6.62. The van der Waals surface area contributed by atoms with Crippen LogP contribution in [0.3, 0.4) is 0 Å². The Morgan fingerprint density at radius 2 is 1.87 bits per heavy atom. The summed E-state index contributed by atoms with van der Waals surface area (Å²) in [6.45, 7) is 4.39. The van der Waals surface area contributed by atoms with E-state index in [0.29, 0.717) is 6.04 Å². The number of fused-ring (bicyclic) bond motifs is 1. The summed E-state index contributed by atoms with van der Waals surface area (Å²) in [4.78, 5) is 4.83. The predicted molar refractivity (Wildman–Crippen MR) is 99.1 cm³/mol. The van der Waals surface area contributed by atoms with Gasteiger partial charge in [-0.1, -0.05) is 31.4 Å². The van der Waals surface area contributed by atoms with Crippen molar-refractivity contribution in [2.45, 2.75) is 52.0 Å². The van der Waals surface area contributed by atoms with E-state index in [-0.39, 0.29) is 0 Å². The molecule has 0 unspecified atom stereocenters. The molecule has 23 heavy (non-hydrogen) atoms. The molecule has 0 saturated heterocycles. The number of hydrogen-bond donors (Lipinski definition) is 1. The van der Waals surface area contributed by atoms with Crippen molar-refractivity contribution in [3.05, 3.63) is 35.5 Å². The van der Waals surface area contributed by atoms with Crippen LogP contribution in [0.5, 0.6) is 0 Å². The molecule has 4 heteroatoms. The summed E-state index contributed by atoms with van der Waals surface area (Å²) in [5, 5.41) is 1.05. The minimum Gasteiger partial charge on any atom is -0.384 e. The van der Waals surface area contributed by atoms with Gasteiger partial charge in [0.2, 0.25) is 0 Å². The molecule has 0 spiro atoms. The molecular weight excluding hydrogens is 302 g/mol. The van der Waals surface area contributed by atoms with Gasteiger partial charge in [-0.05, 0) is 44.4 Å². The molecule has 1 aliphatic rings. The number of aromatic nitrogens is 2. The summed E-state index contributed by atoms with van der Waals surface area (Å²) in [6, 6.07) is 8.88. The van der Waals surface area contributed by atoms with Gasteiger partial charge in [0, 0.05) is 11.7 Å². The first kappa shape index (κ1) is 14.8. The molecule has 1 aliphatic carbocycles. The van der Waals surface area contributed by atoms with E-state index in [1.165, 1.54) is 48.1 Å². The molecule has 120 valence electrons. The average molecular weight is 325 g/mol. The lowest BCUT2D eigenvalue weighted by Crippen LogP contribution is -2.16. The zero-order chi connectivity index (χ0) is 16.0. The number of nitrogen functional groups attached to an aromatic ring is 1. The van der Waals surface area contributed by atoms with E-state index in [1.54, 1.807) is 11.3 Å². The van der Waals surface area contributed by atoms with Crippen LogP contribution >= 0.6 is 11.3 Å². The minimum atomic E-state index is 0.561. The van der Waals surface area contributed by atoms with Crippen LogP contribution in [0.2, 0.25) is 0 Å². The van der Waals surface area contributed by atoms with E-state index in [0.717, 1.165) is 21.9 Å². The van der Waals surface area contributed by atoms with Gasteiger partial charge in [-0.3, -0.25) is 0 Å². The maximum atomic E-state index is 6.62. The number of benzene rings is 1. The molecule has 1 aromatic carbocycles. The highest BCUT2D eigenvalue weighted by Gasteiger charge is 2.25. The number of nitrogens with two attached hydrogens (primary N) is 1. The number of nitrogens with zero attached hydrogens (tertiary/aromatic N) is 2. The predicted octanol–water partition coefficient (Wildman–Crippen LogP) is 5.47. The Kier molecular flexibility index (Phi) is 3.64. The van der Waals surface area contributed by atoms with E-state index in [4.69, 9.17) is 10.7 Å². The van der Waals surface area contributed by atoms with Crippen LogP contribution in [0.15, 0.2) is 24.3 Å². The highest BCUT2D eigenvalue weighted by atomic mass is 32.1. The van der Waals surface area contributed by atoms with Crippen molar-refractivity contribution in [1.82, 2.24) is 9.55 Å². The smallest absolute Gasteiger partial charge is 0.128 e. The molecule has 2 N–H and O–H groups in total. The highest BCUT2D eigenvalue weighted by molar-refractivity contribution is 7.21. The summed E-state index contributed by atoms with van der Waals surface area (Å²) < 4.78 is 3.61. The van der Waals surface area contributed by atoms with Gasteiger partial charge < -0.3 is 10.3 Å². The molecule has 4 rings (SSSR count). The Bertz CT molecular complexity index is 820. The van der Waals surface area contributed by atoms with Crippen LogP contribution in [0.1, 0.15) is 49.4 Å². The lowest BCUT2D eigenvalue weighted by molar-refractivity contribution is 0.353. The molecule has 3 nitrogen and oxygen atoms in total. The average Bonchev–Trinajstić information content (AvgIpc) is 3.07. The van der Waals surface area contributed by atoms with Crippen molar-refractivity contribution in [1.29, 1.82) is 0 Å². The molecule has 0 radical (unpaired) electrons. The summed E-state index contributed by atoms with van der Waals surface area (Å²) in [7, 11) is 0. The first-order valence-electron chi connectivity index (χ1n) is 8.49. The van der Waals surface area contributed by atoms with Crippen LogP contribution in [0.4, 0.5) is 5.82 Å². The SMILES string of the molecule is Cc1c(-c2nc3ccccc3s2)c(N)n(C2CCCCC2)c1C. The Morgan fingerprint density at radius 3 is 2.61 bits per heavy atom. The lowest BCUT2D eigenvalue weighted by Gasteiger charge is -2.26. The Morgan fingerprint density at radius 1 is 1.13 bits per heavy atom. The third-order valence-corrected chi connectivity index (χ3v) is 6.30. The number of anilines is 1.